The molecule has 1 aliphatic heterocycles. The lowest BCUT2D eigenvalue weighted by atomic mass is 10.1. The molecule has 1 amide bonds. The van der Waals surface area contributed by atoms with Gasteiger partial charge in [0.15, 0.2) is 0 Å². The van der Waals surface area contributed by atoms with E-state index in [9.17, 15) is 4.79 Å². The van der Waals surface area contributed by atoms with Crippen molar-refractivity contribution in [1.29, 1.82) is 0 Å². The van der Waals surface area contributed by atoms with Crippen LogP contribution in [0.15, 0.2) is 12.3 Å². The number of nitrogens with one attached hydrogen (secondary N) is 1. The van der Waals surface area contributed by atoms with Crippen LogP contribution < -0.4 is 11.1 Å². The maximum absolute atomic E-state index is 11.8. The van der Waals surface area contributed by atoms with Crippen LogP contribution in [0.1, 0.15) is 38.6 Å². The van der Waals surface area contributed by atoms with Crippen LogP contribution >= 0.6 is 0 Å². The van der Waals surface area contributed by atoms with E-state index in [-0.39, 0.29) is 5.91 Å². The van der Waals surface area contributed by atoms with E-state index in [0.717, 1.165) is 44.7 Å². The summed E-state index contributed by atoms with van der Waals surface area (Å²) in [7, 11) is 0. The van der Waals surface area contributed by atoms with Gasteiger partial charge < -0.3 is 16.0 Å². The summed E-state index contributed by atoms with van der Waals surface area (Å²) in [4.78, 5) is 14.2. The minimum Gasteiger partial charge on any atom is -0.330 e. The van der Waals surface area contributed by atoms with E-state index in [0.29, 0.717) is 19.0 Å². The molecule has 0 bridgehead atoms. The monoisotopic (exact) mass is 279 g/mol. The van der Waals surface area contributed by atoms with Gasteiger partial charge in [-0.05, 0) is 32.4 Å². The molecule has 20 heavy (non-hydrogen) atoms. The average Bonchev–Trinajstić information content (AvgIpc) is 2.93. The van der Waals surface area contributed by atoms with E-state index in [4.69, 9.17) is 5.73 Å². The van der Waals surface area contributed by atoms with E-state index in [1.54, 1.807) is 6.20 Å². The van der Waals surface area contributed by atoms with Gasteiger partial charge in [0.2, 0.25) is 5.91 Å². The highest BCUT2D eigenvalue weighted by molar-refractivity contribution is 5.89. The number of carbonyl (C=O) groups excluding carboxylic acids is 1. The van der Waals surface area contributed by atoms with Crippen molar-refractivity contribution in [1.82, 2.24) is 14.7 Å². The van der Waals surface area contributed by atoms with E-state index in [1.807, 2.05) is 10.7 Å². The molecule has 0 radical (unpaired) electrons. The van der Waals surface area contributed by atoms with Crippen LogP contribution in [0, 0.1) is 0 Å². The first kappa shape index (κ1) is 15.0. The van der Waals surface area contributed by atoms with Crippen molar-refractivity contribution in [2.75, 3.05) is 31.5 Å². The number of hydrogen-bond acceptors (Lipinski definition) is 4. The summed E-state index contributed by atoms with van der Waals surface area (Å²) in [6.45, 7) is 6.04. The molecular weight excluding hydrogens is 254 g/mol. The smallest absolute Gasteiger partial charge is 0.225 e. The molecule has 1 saturated heterocycles. The zero-order valence-corrected chi connectivity index (χ0v) is 12.2. The number of nitrogens with zero attached hydrogens (tertiary/aromatic N) is 3. The topological polar surface area (TPSA) is 76.2 Å². The normalized spacial score (nSPS) is 17.3. The summed E-state index contributed by atoms with van der Waals surface area (Å²) in [5, 5.41) is 7.32. The van der Waals surface area contributed by atoms with E-state index >= 15 is 0 Å². The Hall–Kier alpha value is -1.40. The second kappa shape index (κ2) is 7.40. The molecule has 1 aliphatic rings. The van der Waals surface area contributed by atoms with Crippen LogP contribution in [-0.2, 0) is 4.79 Å². The Morgan fingerprint density at radius 1 is 1.50 bits per heavy atom. The molecule has 0 spiro atoms. The molecule has 1 aromatic heterocycles. The fourth-order valence-corrected chi connectivity index (χ4v) is 2.65. The number of amides is 1. The fourth-order valence-electron chi connectivity index (χ4n) is 2.65. The largest absolute Gasteiger partial charge is 0.330 e. The predicted octanol–water partition coefficient (Wildman–Crippen LogP) is 1.22. The Kier molecular flexibility index (Phi) is 5.55. The number of piperidine rings is 1. The lowest BCUT2D eigenvalue weighted by Gasteiger charge is -2.31. The minimum absolute atomic E-state index is 0.0168. The molecule has 2 heterocycles. The summed E-state index contributed by atoms with van der Waals surface area (Å²) >= 11 is 0. The summed E-state index contributed by atoms with van der Waals surface area (Å²) in [6.07, 6.45) is 5.11. The molecule has 6 nitrogen and oxygen atoms in total. The van der Waals surface area contributed by atoms with Gasteiger partial charge >= 0.3 is 0 Å². The number of hydrogen-bond donors (Lipinski definition) is 2. The summed E-state index contributed by atoms with van der Waals surface area (Å²) in [5.41, 5.74) is 5.42. The van der Waals surface area contributed by atoms with E-state index in [2.05, 4.69) is 22.2 Å². The highest BCUT2D eigenvalue weighted by Gasteiger charge is 2.22. The van der Waals surface area contributed by atoms with Crippen molar-refractivity contribution in [2.45, 2.75) is 38.6 Å². The third-order valence-electron chi connectivity index (χ3n) is 3.90. The van der Waals surface area contributed by atoms with Crippen LogP contribution in [0.3, 0.4) is 0 Å². The number of nitrogens with two attached hydrogens (primary N) is 1. The summed E-state index contributed by atoms with van der Waals surface area (Å²) in [6, 6.07) is 2.25. The standard InChI is InChI=1S/C14H25N5O/c1-2-18-10-6-12(7-11-18)19-13(5-9-16-19)17-14(20)4-3-8-15/h5,9,12H,2-4,6-8,10-11,15H2,1H3,(H,17,20). The number of anilines is 1. The van der Waals surface area contributed by atoms with Crippen molar-refractivity contribution in [2.24, 2.45) is 5.73 Å². The van der Waals surface area contributed by atoms with Crippen LogP contribution in [0.2, 0.25) is 0 Å². The van der Waals surface area contributed by atoms with E-state index < -0.39 is 0 Å². The van der Waals surface area contributed by atoms with Crippen LogP contribution in [0.5, 0.6) is 0 Å². The second-order valence-corrected chi connectivity index (χ2v) is 5.27. The third kappa shape index (κ3) is 3.80. The predicted molar refractivity (Wildman–Crippen MR) is 79.5 cm³/mol. The van der Waals surface area contributed by atoms with Crippen molar-refractivity contribution in [3.05, 3.63) is 12.3 Å². The van der Waals surface area contributed by atoms with Gasteiger partial charge in [-0.3, -0.25) is 4.79 Å². The van der Waals surface area contributed by atoms with Gasteiger partial charge in [-0.1, -0.05) is 6.92 Å². The Morgan fingerprint density at radius 2 is 2.25 bits per heavy atom. The Balaban J connectivity index is 1.93. The average molecular weight is 279 g/mol. The second-order valence-electron chi connectivity index (χ2n) is 5.27. The lowest BCUT2D eigenvalue weighted by Crippen LogP contribution is -2.35. The molecule has 0 aromatic carbocycles. The minimum atomic E-state index is 0.0168. The molecule has 1 fully saturated rings. The Morgan fingerprint density at radius 3 is 2.90 bits per heavy atom. The fraction of sp³-hybridized carbons (Fsp3) is 0.714. The van der Waals surface area contributed by atoms with Crippen LogP contribution in [0.25, 0.3) is 0 Å². The molecule has 6 heteroatoms. The van der Waals surface area contributed by atoms with Gasteiger partial charge in [-0.2, -0.15) is 5.10 Å². The van der Waals surface area contributed by atoms with Crippen LogP contribution in [0.4, 0.5) is 5.82 Å². The molecule has 1 aromatic rings. The van der Waals surface area contributed by atoms with Gasteiger partial charge in [-0.15, -0.1) is 0 Å². The number of carbonyl (C=O) groups is 1. The van der Waals surface area contributed by atoms with Crippen molar-refractivity contribution in [3.63, 3.8) is 0 Å². The maximum atomic E-state index is 11.8. The van der Waals surface area contributed by atoms with Gasteiger partial charge in [-0.25, -0.2) is 4.68 Å². The Bertz CT molecular complexity index is 423. The SMILES string of the molecule is CCN1CCC(n2nccc2NC(=O)CCCN)CC1. The van der Waals surface area contributed by atoms with Gasteiger partial charge in [0, 0.05) is 25.6 Å². The van der Waals surface area contributed by atoms with Crippen LogP contribution in [-0.4, -0.2) is 46.8 Å². The molecule has 112 valence electrons. The van der Waals surface area contributed by atoms with E-state index in [1.165, 1.54) is 0 Å². The molecule has 0 saturated carbocycles. The third-order valence-corrected chi connectivity index (χ3v) is 3.90. The number of likely N-dealkylation sites (tertiary alicyclic amines) is 1. The highest BCUT2D eigenvalue weighted by Crippen LogP contribution is 2.25. The Labute approximate surface area is 120 Å². The molecular formula is C14H25N5O. The summed E-state index contributed by atoms with van der Waals surface area (Å²) in [5.74, 6) is 0.824. The first-order valence-corrected chi connectivity index (χ1v) is 7.50. The lowest BCUT2D eigenvalue weighted by molar-refractivity contribution is -0.116. The zero-order chi connectivity index (χ0) is 14.4. The summed E-state index contributed by atoms with van der Waals surface area (Å²) < 4.78 is 1.97. The zero-order valence-electron chi connectivity index (χ0n) is 12.2. The van der Waals surface area contributed by atoms with Crippen molar-refractivity contribution >= 4 is 11.7 Å². The van der Waals surface area contributed by atoms with Crippen molar-refractivity contribution < 1.29 is 4.79 Å². The molecule has 0 aliphatic carbocycles. The molecule has 3 N–H and O–H groups in total. The quantitative estimate of drug-likeness (QED) is 0.821. The maximum Gasteiger partial charge on any atom is 0.225 e. The molecule has 2 rings (SSSR count). The van der Waals surface area contributed by atoms with Crippen molar-refractivity contribution in [3.8, 4) is 0 Å². The van der Waals surface area contributed by atoms with Gasteiger partial charge in [0.25, 0.3) is 0 Å². The first-order chi connectivity index (χ1) is 9.74. The number of aromatic nitrogens is 2. The molecule has 0 unspecified atom stereocenters. The highest BCUT2D eigenvalue weighted by atomic mass is 16.1. The van der Waals surface area contributed by atoms with Gasteiger partial charge in [0.1, 0.15) is 5.82 Å². The number of rotatable bonds is 6. The molecule has 0 atom stereocenters. The van der Waals surface area contributed by atoms with Gasteiger partial charge in [0.05, 0.1) is 12.2 Å². The first-order valence-electron chi connectivity index (χ1n) is 7.50.